The summed E-state index contributed by atoms with van der Waals surface area (Å²) in [6.07, 6.45) is 9.45. The fourth-order valence-electron chi connectivity index (χ4n) is 2.70. The van der Waals surface area contributed by atoms with Crippen LogP contribution in [0, 0.1) is 0 Å². The summed E-state index contributed by atoms with van der Waals surface area (Å²) >= 11 is 0. The van der Waals surface area contributed by atoms with Gasteiger partial charge in [0.25, 0.3) is 0 Å². The molecule has 0 amide bonds. The van der Waals surface area contributed by atoms with E-state index < -0.39 is 0 Å². The number of nitrogens with one attached hydrogen (secondary N) is 1. The fraction of sp³-hybridized carbons (Fsp3) is 0.600. The van der Waals surface area contributed by atoms with Crippen LogP contribution in [0.2, 0.25) is 0 Å². The molecule has 1 saturated carbocycles. The molecule has 2 aromatic heterocycles. The summed E-state index contributed by atoms with van der Waals surface area (Å²) in [6, 6.07) is 4.21. The first kappa shape index (κ1) is 14.3. The Morgan fingerprint density at radius 1 is 1.29 bits per heavy atom. The first-order chi connectivity index (χ1) is 10.3. The summed E-state index contributed by atoms with van der Waals surface area (Å²) in [4.78, 5) is 4.47. The van der Waals surface area contributed by atoms with E-state index in [1.807, 2.05) is 18.3 Å². The van der Waals surface area contributed by atoms with E-state index >= 15 is 0 Å². The smallest absolute Gasteiger partial charge is 0.157 e. The van der Waals surface area contributed by atoms with E-state index in [9.17, 15) is 0 Å². The monoisotopic (exact) mass is 289 g/mol. The minimum atomic E-state index is 0.385. The average molecular weight is 289 g/mol. The highest BCUT2D eigenvalue weighted by Gasteiger charge is 2.18. The second-order valence-electron chi connectivity index (χ2n) is 5.63. The number of anilines is 1. The van der Waals surface area contributed by atoms with Crippen LogP contribution in [0.5, 0.6) is 0 Å². The van der Waals surface area contributed by atoms with Gasteiger partial charge in [-0.1, -0.05) is 0 Å². The Labute approximate surface area is 124 Å². The fourth-order valence-corrected chi connectivity index (χ4v) is 2.70. The van der Waals surface area contributed by atoms with Gasteiger partial charge in [0.15, 0.2) is 5.65 Å². The number of nitrogens with two attached hydrogens (primary N) is 1. The van der Waals surface area contributed by atoms with E-state index in [-0.39, 0.29) is 0 Å². The molecule has 1 fully saturated rings. The molecule has 0 atom stereocenters. The van der Waals surface area contributed by atoms with E-state index in [1.165, 1.54) is 0 Å². The average Bonchev–Trinajstić information content (AvgIpc) is 2.96. The molecule has 2 heterocycles. The highest BCUT2D eigenvalue weighted by atomic mass is 16.5. The first-order valence-electron chi connectivity index (χ1n) is 7.73. The van der Waals surface area contributed by atoms with Gasteiger partial charge in [-0.3, -0.25) is 0 Å². The second-order valence-corrected chi connectivity index (χ2v) is 5.63. The van der Waals surface area contributed by atoms with Crippen molar-refractivity contribution in [1.82, 2.24) is 14.6 Å². The summed E-state index contributed by atoms with van der Waals surface area (Å²) < 4.78 is 7.65. The molecule has 0 spiro atoms. The van der Waals surface area contributed by atoms with Crippen molar-refractivity contribution in [2.45, 2.75) is 44.2 Å². The molecule has 0 bridgehead atoms. The summed E-state index contributed by atoms with van der Waals surface area (Å²) in [5.41, 5.74) is 6.75. The van der Waals surface area contributed by atoms with Crippen LogP contribution in [0.4, 0.5) is 5.82 Å². The van der Waals surface area contributed by atoms with Gasteiger partial charge in [-0.2, -0.15) is 5.10 Å². The Balaban J connectivity index is 1.34. The van der Waals surface area contributed by atoms with Gasteiger partial charge < -0.3 is 15.8 Å². The van der Waals surface area contributed by atoms with Crippen LogP contribution in [0.25, 0.3) is 5.65 Å². The van der Waals surface area contributed by atoms with Gasteiger partial charge in [0, 0.05) is 31.5 Å². The second kappa shape index (κ2) is 6.87. The molecule has 6 nitrogen and oxygen atoms in total. The Morgan fingerprint density at radius 2 is 2.14 bits per heavy atom. The van der Waals surface area contributed by atoms with Crippen LogP contribution in [-0.4, -0.2) is 39.9 Å². The summed E-state index contributed by atoms with van der Waals surface area (Å²) in [5.74, 6) is 0.881. The van der Waals surface area contributed by atoms with Crippen LogP contribution >= 0.6 is 0 Å². The van der Waals surface area contributed by atoms with Crippen molar-refractivity contribution < 1.29 is 4.74 Å². The summed E-state index contributed by atoms with van der Waals surface area (Å²) in [6.45, 7) is 1.66. The van der Waals surface area contributed by atoms with Crippen LogP contribution < -0.4 is 11.1 Å². The minimum Gasteiger partial charge on any atom is -0.378 e. The maximum Gasteiger partial charge on any atom is 0.157 e. The van der Waals surface area contributed by atoms with Crippen molar-refractivity contribution in [2.24, 2.45) is 5.73 Å². The maximum absolute atomic E-state index is 5.90. The van der Waals surface area contributed by atoms with E-state index in [2.05, 4.69) is 15.4 Å². The zero-order chi connectivity index (χ0) is 14.5. The Hall–Kier alpha value is -1.66. The van der Waals surface area contributed by atoms with Gasteiger partial charge in [-0.25, -0.2) is 9.50 Å². The number of fused-ring (bicyclic) bond motifs is 1. The molecule has 114 valence electrons. The lowest BCUT2D eigenvalue weighted by atomic mass is 9.94. The van der Waals surface area contributed by atoms with Crippen molar-refractivity contribution in [3.63, 3.8) is 0 Å². The van der Waals surface area contributed by atoms with E-state index in [4.69, 9.17) is 10.5 Å². The lowest BCUT2D eigenvalue weighted by Crippen LogP contribution is -2.30. The van der Waals surface area contributed by atoms with E-state index in [0.717, 1.165) is 56.7 Å². The van der Waals surface area contributed by atoms with Gasteiger partial charge in [0.1, 0.15) is 5.82 Å². The molecule has 0 unspecified atom stereocenters. The predicted octanol–water partition coefficient (Wildman–Crippen LogP) is 1.82. The molecule has 0 aliphatic heterocycles. The quantitative estimate of drug-likeness (QED) is 0.793. The molecule has 0 saturated heterocycles. The molecule has 3 N–H and O–H groups in total. The van der Waals surface area contributed by atoms with Crippen LogP contribution in [0.15, 0.2) is 24.5 Å². The molecular formula is C15H23N5O. The highest BCUT2D eigenvalue weighted by molar-refractivity contribution is 5.45. The molecule has 3 rings (SSSR count). The lowest BCUT2D eigenvalue weighted by Gasteiger charge is -2.26. The zero-order valence-corrected chi connectivity index (χ0v) is 12.2. The van der Waals surface area contributed by atoms with Crippen molar-refractivity contribution >= 4 is 11.5 Å². The van der Waals surface area contributed by atoms with Crippen molar-refractivity contribution in [3.05, 3.63) is 24.5 Å². The highest BCUT2D eigenvalue weighted by Crippen LogP contribution is 2.19. The molecule has 0 radical (unpaired) electrons. The zero-order valence-electron chi connectivity index (χ0n) is 12.2. The van der Waals surface area contributed by atoms with Gasteiger partial charge >= 0.3 is 0 Å². The first-order valence-corrected chi connectivity index (χ1v) is 7.73. The van der Waals surface area contributed by atoms with Crippen molar-refractivity contribution in [2.75, 3.05) is 18.5 Å². The maximum atomic E-state index is 5.90. The molecule has 1 aliphatic rings. The Morgan fingerprint density at radius 3 is 3.00 bits per heavy atom. The predicted molar refractivity (Wildman–Crippen MR) is 82.3 cm³/mol. The molecule has 6 heteroatoms. The molecule has 21 heavy (non-hydrogen) atoms. The van der Waals surface area contributed by atoms with Gasteiger partial charge in [0.2, 0.25) is 0 Å². The van der Waals surface area contributed by atoms with Gasteiger partial charge in [-0.15, -0.1) is 0 Å². The van der Waals surface area contributed by atoms with Gasteiger partial charge in [0.05, 0.1) is 12.3 Å². The van der Waals surface area contributed by atoms with Gasteiger partial charge in [-0.05, 0) is 38.2 Å². The summed E-state index contributed by atoms with van der Waals surface area (Å²) in [7, 11) is 0. The number of aromatic nitrogens is 3. The third-order valence-electron chi connectivity index (χ3n) is 3.96. The molecule has 2 aromatic rings. The van der Waals surface area contributed by atoms with E-state index in [0.29, 0.717) is 12.1 Å². The Bertz CT molecular complexity index is 562. The standard InChI is InChI=1S/C15H23N5O/c16-12-2-4-13(5-3-12)21-11-1-8-17-14-7-10-20-15(19-14)6-9-18-20/h6-7,9-10,12-13H,1-5,8,11,16H2,(H,17,19). The largest absolute Gasteiger partial charge is 0.378 e. The van der Waals surface area contributed by atoms with Crippen molar-refractivity contribution in [3.8, 4) is 0 Å². The number of hydrogen-bond donors (Lipinski definition) is 2. The number of hydrogen-bond acceptors (Lipinski definition) is 5. The lowest BCUT2D eigenvalue weighted by molar-refractivity contribution is 0.0251. The number of rotatable bonds is 6. The SMILES string of the molecule is NC1CCC(OCCCNc2ccn3nccc3n2)CC1. The van der Waals surface area contributed by atoms with Crippen LogP contribution in [0.3, 0.4) is 0 Å². The third kappa shape index (κ3) is 3.92. The van der Waals surface area contributed by atoms with Crippen LogP contribution in [0.1, 0.15) is 32.1 Å². The van der Waals surface area contributed by atoms with Crippen LogP contribution in [-0.2, 0) is 4.74 Å². The normalized spacial score (nSPS) is 22.5. The van der Waals surface area contributed by atoms with E-state index in [1.54, 1.807) is 10.7 Å². The van der Waals surface area contributed by atoms with Crippen molar-refractivity contribution in [1.29, 1.82) is 0 Å². The Kier molecular flexibility index (Phi) is 4.67. The molecule has 0 aromatic carbocycles. The molecule has 1 aliphatic carbocycles. The minimum absolute atomic E-state index is 0.385. The molecular weight excluding hydrogens is 266 g/mol. The number of ether oxygens (including phenoxy) is 1. The number of nitrogens with zero attached hydrogens (tertiary/aromatic N) is 3. The topological polar surface area (TPSA) is 77.5 Å². The summed E-state index contributed by atoms with van der Waals surface area (Å²) in [5, 5.41) is 7.44. The third-order valence-corrected chi connectivity index (χ3v) is 3.96.